The lowest BCUT2D eigenvalue weighted by Gasteiger charge is -2.37. The Bertz CT molecular complexity index is 661. The zero-order valence-electron chi connectivity index (χ0n) is 13.1. The van der Waals surface area contributed by atoms with Gasteiger partial charge < -0.3 is 10.3 Å². The number of aromatic nitrogens is 2. The number of nitrogens with zero attached hydrogens (tertiary/aromatic N) is 2. The minimum atomic E-state index is -0.284. The fourth-order valence-electron chi connectivity index (χ4n) is 3.74. The summed E-state index contributed by atoms with van der Waals surface area (Å²) in [6, 6.07) is 6.68. The Morgan fingerprint density at radius 3 is 2.86 bits per heavy atom. The first-order valence-corrected chi connectivity index (χ1v) is 8.67. The number of hydrogen-bond donors (Lipinski definition) is 1. The maximum Gasteiger partial charge on any atom is 0.130 e. The van der Waals surface area contributed by atoms with Gasteiger partial charge in [0.05, 0.1) is 16.6 Å². The van der Waals surface area contributed by atoms with Crippen LogP contribution >= 0.6 is 15.9 Å². The van der Waals surface area contributed by atoms with Gasteiger partial charge in [0.2, 0.25) is 0 Å². The van der Waals surface area contributed by atoms with Gasteiger partial charge in [0, 0.05) is 10.5 Å². The fraction of sp³-hybridized carbons (Fsp3) is 0.588. The Morgan fingerprint density at radius 2 is 2.19 bits per heavy atom. The van der Waals surface area contributed by atoms with E-state index in [2.05, 4.69) is 59.5 Å². The first-order valence-electron chi connectivity index (χ1n) is 7.87. The molecule has 1 aliphatic carbocycles. The third-order valence-electron chi connectivity index (χ3n) is 4.65. The second-order valence-electron chi connectivity index (χ2n) is 6.89. The van der Waals surface area contributed by atoms with Crippen LogP contribution in [0.25, 0.3) is 11.0 Å². The standard InChI is InChI=1S/C17H24BrN3/c1-11(2)21-15-7-6-13(18)9-14(15)20-16(21)17(19)8-4-5-12(3)10-17/h6-7,9,11-12H,4-5,8,10,19H2,1-3H3. The van der Waals surface area contributed by atoms with Gasteiger partial charge in [-0.05, 0) is 50.8 Å². The van der Waals surface area contributed by atoms with Gasteiger partial charge in [-0.25, -0.2) is 4.98 Å². The van der Waals surface area contributed by atoms with Crippen LogP contribution in [0.15, 0.2) is 22.7 Å². The first-order chi connectivity index (χ1) is 9.90. The molecule has 0 bridgehead atoms. The van der Waals surface area contributed by atoms with Crippen molar-refractivity contribution >= 4 is 27.0 Å². The van der Waals surface area contributed by atoms with Crippen LogP contribution in [0, 0.1) is 5.92 Å². The lowest BCUT2D eigenvalue weighted by Crippen LogP contribution is -2.43. The van der Waals surface area contributed by atoms with E-state index in [1.54, 1.807) is 0 Å². The molecule has 2 aromatic rings. The smallest absolute Gasteiger partial charge is 0.130 e. The highest BCUT2D eigenvalue weighted by Crippen LogP contribution is 2.39. The molecule has 0 aliphatic heterocycles. The molecule has 3 rings (SSSR count). The molecule has 1 aromatic carbocycles. The molecular formula is C17H24BrN3. The van der Waals surface area contributed by atoms with Gasteiger partial charge in [0.1, 0.15) is 5.82 Å². The largest absolute Gasteiger partial charge is 0.324 e. The van der Waals surface area contributed by atoms with E-state index in [0.29, 0.717) is 12.0 Å². The molecule has 3 nitrogen and oxygen atoms in total. The molecule has 0 radical (unpaired) electrons. The van der Waals surface area contributed by atoms with Gasteiger partial charge in [-0.2, -0.15) is 0 Å². The maximum atomic E-state index is 6.82. The normalized spacial score (nSPS) is 26.7. The predicted octanol–water partition coefficient (Wildman–Crippen LogP) is 4.74. The molecule has 2 atom stereocenters. The Kier molecular flexibility index (Phi) is 3.87. The van der Waals surface area contributed by atoms with E-state index in [0.717, 1.165) is 28.7 Å². The highest BCUT2D eigenvalue weighted by atomic mass is 79.9. The fourth-order valence-corrected chi connectivity index (χ4v) is 4.09. The highest BCUT2D eigenvalue weighted by molar-refractivity contribution is 9.10. The van der Waals surface area contributed by atoms with E-state index in [9.17, 15) is 0 Å². The summed E-state index contributed by atoms with van der Waals surface area (Å²) in [5.74, 6) is 1.74. The molecule has 1 aliphatic rings. The summed E-state index contributed by atoms with van der Waals surface area (Å²) in [6.45, 7) is 6.73. The van der Waals surface area contributed by atoms with Crippen molar-refractivity contribution in [2.24, 2.45) is 11.7 Å². The molecule has 114 valence electrons. The van der Waals surface area contributed by atoms with Crippen LogP contribution in [0.3, 0.4) is 0 Å². The number of nitrogens with two attached hydrogens (primary N) is 1. The molecule has 1 saturated carbocycles. The molecular weight excluding hydrogens is 326 g/mol. The Labute approximate surface area is 135 Å². The van der Waals surface area contributed by atoms with Crippen molar-refractivity contribution in [2.45, 2.75) is 58.0 Å². The molecule has 4 heteroatoms. The van der Waals surface area contributed by atoms with E-state index < -0.39 is 0 Å². The van der Waals surface area contributed by atoms with Crippen LogP contribution in [-0.2, 0) is 5.54 Å². The number of rotatable bonds is 2. The van der Waals surface area contributed by atoms with E-state index in [1.807, 2.05) is 0 Å². The van der Waals surface area contributed by atoms with Crippen molar-refractivity contribution in [1.29, 1.82) is 0 Å². The topological polar surface area (TPSA) is 43.8 Å². The van der Waals surface area contributed by atoms with Crippen LogP contribution in [-0.4, -0.2) is 9.55 Å². The third-order valence-corrected chi connectivity index (χ3v) is 5.14. The molecule has 0 amide bonds. The van der Waals surface area contributed by atoms with Gasteiger partial charge >= 0.3 is 0 Å². The molecule has 0 saturated heterocycles. The summed E-state index contributed by atoms with van der Waals surface area (Å²) in [5, 5.41) is 0. The zero-order chi connectivity index (χ0) is 15.2. The molecule has 21 heavy (non-hydrogen) atoms. The zero-order valence-corrected chi connectivity index (χ0v) is 14.7. The monoisotopic (exact) mass is 349 g/mol. The molecule has 0 spiro atoms. The van der Waals surface area contributed by atoms with Crippen LogP contribution in [0.2, 0.25) is 0 Å². The summed E-state index contributed by atoms with van der Waals surface area (Å²) < 4.78 is 3.40. The van der Waals surface area contributed by atoms with Crippen LogP contribution in [0.5, 0.6) is 0 Å². The van der Waals surface area contributed by atoms with Gasteiger partial charge in [-0.15, -0.1) is 0 Å². The summed E-state index contributed by atoms with van der Waals surface area (Å²) in [7, 11) is 0. The number of fused-ring (bicyclic) bond motifs is 1. The van der Waals surface area contributed by atoms with Gasteiger partial charge in [-0.3, -0.25) is 0 Å². The van der Waals surface area contributed by atoms with Gasteiger partial charge in [0.15, 0.2) is 0 Å². The van der Waals surface area contributed by atoms with E-state index >= 15 is 0 Å². The average Bonchev–Trinajstić information content (AvgIpc) is 2.77. The second kappa shape index (κ2) is 5.40. The lowest BCUT2D eigenvalue weighted by atomic mass is 9.76. The predicted molar refractivity (Wildman–Crippen MR) is 91.3 cm³/mol. The number of imidazole rings is 1. The average molecular weight is 350 g/mol. The van der Waals surface area contributed by atoms with E-state index in [4.69, 9.17) is 10.7 Å². The Balaban J connectivity index is 2.19. The van der Waals surface area contributed by atoms with Crippen LogP contribution < -0.4 is 5.73 Å². The van der Waals surface area contributed by atoms with Crippen LogP contribution in [0.4, 0.5) is 0 Å². The van der Waals surface area contributed by atoms with Crippen molar-refractivity contribution in [3.63, 3.8) is 0 Å². The van der Waals surface area contributed by atoms with Crippen molar-refractivity contribution in [3.8, 4) is 0 Å². The number of hydrogen-bond acceptors (Lipinski definition) is 2. The van der Waals surface area contributed by atoms with Crippen LogP contribution in [0.1, 0.15) is 58.3 Å². The Morgan fingerprint density at radius 1 is 1.43 bits per heavy atom. The summed E-state index contributed by atoms with van der Waals surface area (Å²) in [6.07, 6.45) is 4.55. The summed E-state index contributed by atoms with van der Waals surface area (Å²) in [5.41, 5.74) is 8.76. The third kappa shape index (κ3) is 2.64. The number of benzene rings is 1. The van der Waals surface area contributed by atoms with Gasteiger partial charge in [0.25, 0.3) is 0 Å². The molecule has 1 aromatic heterocycles. The van der Waals surface area contributed by atoms with Crippen molar-refractivity contribution in [3.05, 3.63) is 28.5 Å². The quantitative estimate of drug-likeness (QED) is 0.850. The van der Waals surface area contributed by atoms with Gasteiger partial charge in [-0.1, -0.05) is 35.7 Å². The van der Waals surface area contributed by atoms with Crippen molar-refractivity contribution in [1.82, 2.24) is 9.55 Å². The number of halogens is 1. The minimum absolute atomic E-state index is 0.284. The maximum absolute atomic E-state index is 6.82. The summed E-state index contributed by atoms with van der Waals surface area (Å²) >= 11 is 3.54. The van der Waals surface area contributed by atoms with Crippen molar-refractivity contribution < 1.29 is 0 Å². The lowest BCUT2D eigenvalue weighted by molar-refractivity contribution is 0.220. The minimum Gasteiger partial charge on any atom is -0.324 e. The van der Waals surface area contributed by atoms with Crippen molar-refractivity contribution in [2.75, 3.05) is 0 Å². The SMILES string of the molecule is CC1CCCC(N)(c2nc3cc(Br)ccc3n2C(C)C)C1. The summed E-state index contributed by atoms with van der Waals surface area (Å²) in [4.78, 5) is 4.93. The van der Waals surface area contributed by atoms with E-state index in [-0.39, 0.29) is 5.54 Å². The molecule has 2 N–H and O–H groups in total. The molecule has 1 heterocycles. The second-order valence-corrected chi connectivity index (χ2v) is 7.81. The molecule has 2 unspecified atom stereocenters. The van der Waals surface area contributed by atoms with E-state index in [1.165, 1.54) is 18.4 Å². The Hall–Kier alpha value is -0.870. The first kappa shape index (κ1) is 15.0. The highest BCUT2D eigenvalue weighted by Gasteiger charge is 2.37. The molecule has 1 fully saturated rings.